The molecule has 1 heterocycles. The zero-order chi connectivity index (χ0) is 18.9. The van der Waals surface area contributed by atoms with Gasteiger partial charge in [0, 0.05) is 19.6 Å². The second-order valence-electron chi connectivity index (χ2n) is 8.04. The summed E-state index contributed by atoms with van der Waals surface area (Å²) in [6.07, 6.45) is 20.6. The van der Waals surface area contributed by atoms with Gasteiger partial charge in [-0.05, 0) is 26.2 Å². The van der Waals surface area contributed by atoms with E-state index in [0.29, 0.717) is 11.9 Å². The number of ether oxygens (including phenoxy) is 1. The SMILES string of the molecule is CCCCCCCCCCCCCCCC(=O)N1CCCC1COCC. The monoisotopic (exact) mass is 367 g/mol. The van der Waals surface area contributed by atoms with Crippen LogP contribution in [0.3, 0.4) is 0 Å². The van der Waals surface area contributed by atoms with Crippen LogP contribution in [0.1, 0.15) is 117 Å². The van der Waals surface area contributed by atoms with Gasteiger partial charge in [0.15, 0.2) is 0 Å². The largest absolute Gasteiger partial charge is 0.380 e. The van der Waals surface area contributed by atoms with Crippen molar-refractivity contribution in [2.45, 2.75) is 123 Å². The molecule has 1 saturated heterocycles. The molecule has 1 fully saturated rings. The predicted molar refractivity (Wildman–Crippen MR) is 112 cm³/mol. The molecule has 26 heavy (non-hydrogen) atoms. The van der Waals surface area contributed by atoms with Crippen LogP contribution in [0.5, 0.6) is 0 Å². The molecule has 1 amide bonds. The van der Waals surface area contributed by atoms with E-state index in [4.69, 9.17) is 4.74 Å². The number of carbonyl (C=O) groups is 1. The summed E-state index contributed by atoms with van der Waals surface area (Å²) in [6, 6.07) is 0.337. The second kappa shape index (κ2) is 16.6. The average Bonchev–Trinajstić information content (AvgIpc) is 3.12. The molecule has 3 heteroatoms. The van der Waals surface area contributed by atoms with Crippen LogP contribution in [-0.2, 0) is 9.53 Å². The van der Waals surface area contributed by atoms with Gasteiger partial charge in [0.05, 0.1) is 12.6 Å². The van der Waals surface area contributed by atoms with Crippen molar-refractivity contribution in [2.75, 3.05) is 19.8 Å². The van der Waals surface area contributed by atoms with Gasteiger partial charge in [-0.3, -0.25) is 4.79 Å². The molecule has 0 aliphatic carbocycles. The fraction of sp³-hybridized carbons (Fsp3) is 0.957. The minimum absolute atomic E-state index is 0.337. The summed E-state index contributed by atoms with van der Waals surface area (Å²) >= 11 is 0. The average molecular weight is 368 g/mol. The van der Waals surface area contributed by atoms with E-state index in [2.05, 4.69) is 11.8 Å². The lowest BCUT2D eigenvalue weighted by molar-refractivity contribution is -0.133. The standard InChI is InChI=1S/C23H45NO2/c1-3-5-6-7-8-9-10-11-12-13-14-15-16-19-23(25)24-20-17-18-22(24)21-26-4-2/h22H,3-21H2,1-2H3. The quantitative estimate of drug-likeness (QED) is 0.275. The number of nitrogens with zero attached hydrogens (tertiary/aromatic N) is 1. The first-order valence-electron chi connectivity index (χ1n) is 11.7. The second-order valence-corrected chi connectivity index (χ2v) is 8.04. The summed E-state index contributed by atoms with van der Waals surface area (Å²) in [7, 11) is 0. The summed E-state index contributed by atoms with van der Waals surface area (Å²) in [5, 5.41) is 0. The predicted octanol–water partition coefficient (Wildman–Crippen LogP) is 6.50. The highest BCUT2D eigenvalue weighted by Crippen LogP contribution is 2.20. The van der Waals surface area contributed by atoms with E-state index in [1.165, 1.54) is 77.0 Å². The Morgan fingerprint density at radius 1 is 0.846 bits per heavy atom. The van der Waals surface area contributed by atoms with Crippen LogP contribution < -0.4 is 0 Å². The molecule has 0 saturated carbocycles. The first-order valence-corrected chi connectivity index (χ1v) is 11.7. The highest BCUT2D eigenvalue weighted by atomic mass is 16.5. The lowest BCUT2D eigenvalue weighted by atomic mass is 10.0. The van der Waals surface area contributed by atoms with Gasteiger partial charge < -0.3 is 9.64 Å². The fourth-order valence-electron chi connectivity index (χ4n) is 4.03. The van der Waals surface area contributed by atoms with Crippen LogP contribution in [-0.4, -0.2) is 36.6 Å². The maximum atomic E-state index is 12.4. The van der Waals surface area contributed by atoms with Crippen molar-refractivity contribution < 1.29 is 9.53 Å². The summed E-state index contributed by atoms with van der Waals surface area (Å²) in [5.41, 5.74) is 0. The van der Waals surface area contributed by atoms with E-state index < -0.39 is 0 Å². The minimum atomic E-state index is 0.337. The van der Waals surface area contributed by atoms with Crippen molar-refractivity contribution in [1.82, 2.24) is 4.90 Å². The number of carbonyl (C=O) groups excluding carboxylic acids is 1. The van der Waals surface area contributed by atoms with Crippen molar-refractivity contribution in [1.29, 1.82) is 0 Å². The number of rotatable bonds is 17. The highest BCUT2D eigenvalue weighted by molar-refractivity contribution is 5.76. The van der Waals surface area contributed by atoms with E-state index >= 15 is 0 Å². The number of hydrogen-bond donors (Lipinski definition) is 0. The van der Waals surface area contributed by atoms with Gasteiger partial charge in [0.2, 0.25) is 5.91 Å². The molecule has 1 rings (SSSR count). The van der Waals surface area contributed by atoms with Crippen molar-refractivity contribution in [3.63, 3.8) is 0 Å². The van der Waals surface area contributed by atoms with Crippen LogP contribution in [0.15, 0.2) is 0 Å². The lowest BCUT2D eigenvalue weighted by Crippen LogP contribution is -2.38. The molecule has 3 nitrogen and oxygen atoms in total. The van der Waals surface area contributed by atoms with Crippen molar-refractivity contribution >= 4 is 5.91 Å². The maximum Gasteiger partial charge on any atom is 0.222 e. The molecule has 0 bridgehead atoms. The molecular weight excluding hydrogens is 322 g/mol. The van der Waals surface area contributed by atoms with Gasteiger partial charge in [-0.15, -0.1) is 0 Å². The van der Waals surface area contributed by atoms with Crippen LogP contribution in [0.25, 0.3) is 0 Å². The summed E-state index contributed by atoms with van der Waals surface area (Å²) in [5.74, 6) is 0.357. The zero-order valence-electron chi connectivity index (χ0n) is 17.8. The fourth-order valence-corrected chi connectivity index (χ4v) is 4.03. The van der Waals surface area contributed by atoms with Gasteiger partial charge in [0.1, 0.15) is 0 Å². The number of likely N-dealkylation sites (tertiary alicyclic amines) is 1. The van der Waals surface area contributed by atoms with E-state index in [0.717, 1.165) is 45.4 Å². The third kappa shape index (κ3) is 11.2. The zero-order valence-corrected chi connectivity index (χ0v) is 17.8. The Labute approximate surface area is 163 Å². The third-order valence-electron chi connectivity index (χ3n) is 5.71. The first kappa shape index (κ1) is 23.5. The molecule has 1 aliphatic rings. The Morgan fingerprint density at radius 3 is 1.92 bits per heavy atom. The lowest BCUT2D eigenvalue weighted by Gasteiger charge is -2.24. The van der Waals surface area contributed by atoms with E-state index in [9.17, 15) is 4.79 Å². The van der Waals surface area contributed by atoms with Gasteiger partial charge in [-0.25, -0.2) is 0 Å². The molecule has 154 valence electrons. The Bertz CT molecular complexity index is 332. The number of unbranched alkanes of at least 4 members (excludes halogenated alkanes) is 12. The van der Waals surface area contributed by atoms with Crippen molar-refractivity contribution in [3.8, 4) is 0 Å². The van der Waals surface area contributed by atoms with Crippen molar-refractivity contribution in [3.05, 3.63) is 0 Å². The van der Waals surface area contributed by atoms with Crippen LogP contribution in [0.4, 0.5) is 0 Å². The van der Waals surface area contributed by atoms with Crippen LogP contribution >= 0.6 is 0 Å². The van der Waals surface area contributed by atoms with E-state index in [1.807, 2.05) is 6.92 Å². The molecule has 0 aromatic heterocycles. The molecule has 0 radical (unpaired) electrons. The molecule has 0 spiro atoms. The minimum Gasteiger partial charge on any atom is -0.380 e. The maximum absolute atomic E-state index is 12.4. The van der Waals surface area contributed by atoms with Crippen LogP contribution in [0, 0.1) is 0 Å². The molecular formula is C23H45NO2. The molecule has 1 aliphatic heterocycles. The Hall–Kier alpha value is -0.570. The summed E-state index contributed by atoms with van der Waals surface area (Å²) in [6.45, 7) is 6.71. The molecule has 1 unspecified atom stereocenters. The van der Waals surface area contributed by atoms with Crippen molar-refractivity contribution in [2.24, 2.45) is 0 Å². The van der Waals surface area contributed by atoms with Gasteiger partial charge in [0.25, 0.3) is 0 Å². The highest BCUT2D eigenvalue weighted by Gasteiger charge is 2.27. The Kier molecular flexibility index (Phi) is 15.0. The van der Waals surface area contributed by atoms with Crippen LogP contribution in [0.2, 0.25) is 0 Å². The van der Waals surface area contributed by atoms with Gasteiger partial charge >= 0.3 is 0 Å². The third-order valence-corrected chi connectivity index (χ3v) is 5.71. The number of hydrogen-bond acceptors (Lipinski definition) is 2. The molecule has 0 N–H and O–H groups in total. The first-order chi connectivity index (χ1) is 12.8. The molecule has 0 aromatic rings. The summed E-state index contributed by atoms with van der Waals surface area (Å²) < 4.78 is 5.53. The van der Waals surface area contributed by atoms with E-state index in [1.54, 1.807) is 0 Å². The molecule has 1 atom stereocenters. The van der Waals surface area contributed by atoms with Gasteiger partial charge in [-0.2, -0.15) is 0 Å². The molecule has 0 aromatic carbocycles. The smallest absolute Gasteiger partial charge is 0.222 e. The Balaban J connectivity index is 1.88. The van der Waals surface area contributed by atoms with E-state index in [-0.39, 0.29) is 0 Å². The topological polar surface area (TPSA) is 29.5 Å². The normalized spacial score (nSPS) is 17.2. The Morgan fingerprint density at radius 2 is 1.38 bits per heavy atom. The number of amides is 1. The summed E-state index contributed by atoms with van der Waals surface area (Å²) in [4.78, 5) is 14.5. The van der Waals surface area contributed by atoms with Gasteiger partial charge in [-0.1, -0.05) is 84.0 Å².